The molecule has 7 nitrogen and oxygen atoms in total. The van der Waals surface area contributed by atoms with E-state index in [1.165, 1.54) is 26.6 Å². The summed E-state index contributed by atoms with van der Waals surface area (Å²) in [5.41, 5.74) is 2.99. The summed E-state index contributed by atoms with van der Waals surface area (Å²) in [5.74, 6) is 0.535. The van der Waals surface area contributed by atoms with Crippen LogP contribution in [-0.4, -0.2) is 26.0 Å². The lowest BCUT2D eigenvalue weighted by atomic mass is 10.1. The number of hydrogen-bond donors (Lipinski definition) is 2. The number of aryl methyl sites for hydroxylation is 2. The van der Waals surface area contributed by atoms with Gasteiger partial charge in [-0.3, -0.25) is 9.59 Å². The van der Waals surface area contributed by atoms with Gasteiger partial charge in [0.05, 0.1) is 20.5 Å². The Hall–Kier alpha value is -4.00. The standard InChI is InChI=1S/C24H24N2O5/c1-15-7-8-17(10-16(15)2)23(27)26-22(14-19-6-5-9-31-19)24(28)25-18-11-20(29-3)13-21(12-18)30-4/h5-14H,1-4H3,(H,25,28)(H,26,27)/b22-14-. The van der Waals surface area contributed by atoms with Crippen molar-refractivity contribution in [3.8, 4) is 11.5 Å². The minimum Gasteiger partial charge on any atom is -0.497 e. The van der Waals surface area contributed by atoms with Crippen molar-refractivity contribution in [2.45, 2.75) is 13.8 Å². The minimum atomic E-state index is -0.524. The van der Waals surface area contributed by atoms with E-state index in [1.54, 1.807) is 42.5 Å². The molecule has 0 unspecified atom stereocenters. The Kier molecular flexibility index (Phi) is 6.77. The zero-order valence-electron chi connectivity index (χ0n) is 17.8. The van der Waals surface area contributed by atoms with Crippen molar-refractivity contribution in [2.24, 2.45) is 0 Å². The summed E-state index contributed by atoms with van der Waals surface area (Å²) in [6, 6.07) is 13.7. The van der Waals surface area contributed by atoms with Crippen LogP contribution in [0, 0.1) is 13.8 Å². The van der Waals surface area contributed by atoms with Crippen molar-refractivity contribution in [2.75, 3.05) is 19.5 Å². The molecule has 2 aromatic carbocycles. The maximum Gasteiger partial charge on any atom is 0.272 e. The number of benzene rings is 2. The molecule has 0 atom stereocenters. The van der Waals surface area contributed by atoms with Crippen molar-refractivity contribution in [1.82, 2.24) is 5.32 Å². The van der Waals surface area contributed by atoms with Gasteiger partial charge in [-0.25, -0.2) is 0 Å². The smallest absolute Gasteiger partial charge is 0.272 e. The number of carbonyl (C=O) groups is 2. The van der Waals surface area contributed by atoms with Gasteiger partial charge in [-0.05, 0) is 49.2 Å². The van der Waals surface area contributed by atoms with Crippen LogP contribution in [0.25, 0.3) is 6.08 Å². The molecule has 0 aliphatic heterocycles. The van der Waals surface area contributed by atoms with Gasteiger partial charge in [0.1, 0.15) is 23.0 Å². The maximum atomic E-state index is 13.0. The molecule has 0 saturated heterocycles. The van der Waals surface area contributed by atoms with Crippen molar-refractivity contribution in [3.63, 3.8) is 0 Å². The maximum absolute atomic E-state index is 13.0. The number of carbonyl (C=O) groups excluding carboxylic acids is 2. The molecule has 7 heteroatoms. The SMILES string of the molecule is COc1cc(NC(=O)/C(=C/c2ccco2)NC(=O)c2ccc(C)c(C)c2)cc(OC)c1. The van der Waals surface area contributed by atoms with E-state index in [-0.39, 0.29) is 5.70 Å². The minimum absolute atomic E-state index is 0.0277. The largest absolute Gasteiger partial charge is 0.497 e. The molecule has 1 aromatic heterocycles. The lowest BCUT2D eigenvalue weighted by Crippen LogP contribution is -2.30. The summed E-state index contributed by atoms with van der Waals surface area (Å²) >= 11 is 0. The van der Waals surface area contributed by atoms with Crippen LogP contribution in [0.15, 0.2) is 64.9 Å². The summed E-state index contributed by atoms with van der Waals surface area (Å²) in [5, 5.41) is 5.44. The Bertz CT molecular complexity index is 1090. The fourth-order valence-corrected chi connectivity index (χ4v) is 2.83. The number of methoxy groups -OCH3 is 2. The van der Waals surface area contributed by atoms with Crippen molar-refractivity contribution >= 4 is 23.6 Å². The molecule has 0 aliphatic rings. The first-order chi connectivity index (χ1) is 14.9. The number of furan rings is 1. The van der Waals surface area contributed by atoms with E-state index in [9.17, 15) is 9.59 Å². The van der Waals surface area contributed by atoms with E-state index in [4.69, 9.17) is 13.9 Å². The zero-order valence-corrected chi connectivity index (χ0v) is 17.8. The van der Waals surface area contributed by atoms with E-state index in [0.717, 1.165) is 11.1 Å². The molecule has 2 N–H and O–H groups in total. The van der Waals surface area contributed by atoms with Crippen molar-refractivity contribution in [1.29, 1.82) is 0 Å². The Balaban J connectivity index is 1.88. The molecule has 31 heavy (non-hydrogen) atoms. The number of hydrogen-bond acceptors (Lipinski definition) is 5. The second kappa shape index (κ2) is 9.67. The average molecular weight is 420 g/mol. The number of amides is 2. The highest BCUT2D eigenvalue weighted by molar-refractivity contribution is 6.10. The Morgan fingerprint density at radius 1 is 0.935 bits per heavy atom. The number of anilines is 1. The van der Waals surface area contributed by atoms with Gasteiger partial charge in [0.2, 0.25) is 0 Å². The third-order valence-electron chi connectivity index (χ3n) is 4.70. The fraction of sp³-hybridized carbons (Fsp3) is 0.167. The molecule has 0 saturated carbocycles. The third-order valence-corrected chi connectivity index (χ3v) is 4.70. The number of nitrogens with one attached hydrogen (secondary N) is 2. The second-order valence-electron chi connectivity index (χ2n) is 6.88. The second-order valence-corrected chi connectivity index (χ2v) is 6.88. The van der Waals surface area contributed by atoms with E-state index in [2.05, 4.69) is 10.6 Å². The highest BCUT2D eigenvalue weighted by Gasteiger charge is 2.17. The van der Waals surface area contributed by atoms with Crippen molar-refractivity contribution < 1.29 is 23.5 Å². The number of ether oxygens (including phenoxy) is 2. The van der Waals surface area contributed by atoms with Crippen LogP contribution < -0.4 is 20.1 Å². The van der Waals surface area contributed by atoms with Crippen LogP contribution in [0.5, 0.6) is 11.5 Å². The molecule has 0 aliphatic carbocycles. The third kappa shape index (κ3) is 5.54. The lowest BCUT2D eigenvalue weighted by molar-refractivity contribution is -0.113. The van der Waals surface area contributed by atoms with Crippen LogP contribution in [0.3, 0.4) is 0 Å². The first-order valence-electron chi connectivity index (χ1n) is 9.58. The van der Waals surface area contributed by atoms with Crippen LogP contribution in [-0.2, 0) is 4.79 Å². The average Bonchev–Trinajstić information content (AvgIpc) is 3.27. The Morgan fingerprint density at radius 2 is 1.65 bits per heavy atom. The van der Waals surface area contributed by atoms with Gasteiger partial charge in [0.15, 0.2) is 0 Å². The van der Waals surface area contributed by atoms with Gasteiger partial charge in [0.25, 0.3) is 11.8 Å². The molecule has 160 valence electrons. The molecule has 3 aromatic rings. The van der Waals surface area contributed by atoms with Gasteiger partial charge in [-0.15, -0.1) is 0 Å². The molecule has 3 rings (SSSR count). The highest BCUT2D eigenvalue weighted by atomic mass is 16.5. The molecule has 0 fully saturated rings. The molecular formula is C24H24N2O5. The predicted octanol–water partition coefficient (Wildman–Crippen LogP) is 4.32. The monoisotopic (exact) mass is 420 g/mol. The summed E-state index contributed by atoms with van der Waals surface area (Å²) < 4.78 is 15.8. The summed E-state index contributed by atoms with van der Waals surface area (Å²) in [7, 11) is 3.04. The van der Waals surface area contributed by atoms with Gasteiger partial charge in [-0.2, -0.15) is 0 Å². The van der Waals surface area contributed by atoms with Crippen LogP contribution >= 0.6 is 0 Å². The van der Waals surface area contributed by atoms with E-state index < -0.39 is 11.8 Å². The van der Waals surface area contributed by atoms with Gasteiger partial charge >= 0.3 is 0 Å². The van der Waals surface area contributed by atoms with Gasteiger partial charge in [0, 0.05) is 35.5 Å². The van der Waals surface area contributed by atoms with Crippen molar-refractivity contribution in [3.05, 3.63) is 82.9 Å². The van der Waals surface area contributed by atoms with Gasteiger partial charge < -0.3 is 24.5 Å². The van der Waals surface area contributed by atoms with Crippen LogP contribution in [0.4, 0.5) is 5.69 Å². The molecular weight excluding hydrogens is 396 g/mol. The molecule has 0 radical (unpaired) electrons. The van der Waals surface area contributed by atoms with E-state index in [1.807, 2.05) is 19.9 Å². The molecule has 2 amide bonds. The first-order valence-corrected chi connectivity index (χ1v) is 9.58. The first kappa shape index (κ1) is 21.7. The molecule has 0 bridgehead atoms. The normalized spacial score (nSPS) is 11.0. The fourth-order valence-electron chi connectivity index (χ4n) is 2.83. The quantitative estimate of drug-likeness (QED) is 0.556. The predicted molar refractivity (Wildman–Crippen MR) is 118 cm³/mol. The summed E-state index contributed by atoms with van der Waals surface area (Å²) in [6.45, 7) is 3.89. The van der Waals surface area contributed by atoms with Crippen LogP contribution in [0.1, 0.15) is 27.2 Å². The van der Waals surface area contributed by atoms with E-state index in [0.29, 0.717) is 28.5 Å². The topological polar surface area (TPSA) is 89.8 Å². The Labute approximate surface area is 180 Å². The Morgan fingerprint density at radius 3 is 2.23 bits per heavy atom. The summed E-state index contributed by atoms with van der Waals surface area (Å²) in [4.78, 5) is 25.8. The highest BCUT2D eigenvalue weighted by Crippen LogP contribution is 2.26. The van der Waals surface area contributed by atoms with Gasteiger partial charge in [-0.1, -0.05) is 6.07 Å². The molecule has 1 heterocycles. The van der Waals surface area contributed by atoms with E-state index >= 15 is 0 Å². The zero-order chi connectivity index (χ0) is 22.4. The van der Waals surface area contributed by atoms with Crippen LogP contribution in [0.2, 0.25) is 0 Å². The molecule has 0 spiro atoms. The lowest BCUT2D eigenvalue weighted by Gasteiger charge is -2.13. The number of rotatable bonds is 7. The summed E-state index contributed by atoms with van der Waals surface area (Å²) in [6.07, 6.45) is 2.95.